The Morgan fingerprint density at radius 1 is 1.40 bits per heavy atom. The zero-order valence-corrected chi connectivity index (χ0v) is 14.4. The lowest BCUT2D eigenvalue weighted by atomic mass is 10.1. The summed E-state index contributed by atoms with van der Waals surface area (Å²) in [6.07, 6.45) is 2.93. The molecule has 0 unspecified atom stereocenters. The van der Waals surface area contributed by atoms with E-state index in [1.54, 1.807) is 19.1 Å². The molecule has 2 rings (SSSR count). The Morgan fingerprint density at radius 2 is 2.15 bits per heavy atom. The molecule has 0 radical (unpaired) electrons. The topological polar surface area (TPSA) is 58.2 Å². The van der Waals surface area contributed by atoms with Crippen molar-refractivity contribution in [2.45, 2.75) is 18.2 Å². The third-order valence-corrected chi connectivity index (χ3v) is 5.12. The molecule has 4 nitrogen and oxygen atoms in total. The Labute approximate surface area is 134 Å². The molecular weight excluding hydrogens is 364 g/mol. The minimum Gasteiger partial charge on any atom is -0.313 e. The van der Waals surface area contributed by atoms with E-state index in [4.69, 9.17) is 0 Å². The minimum atomic E-state index is -3.45. The van der Waals surface area contributed by atoms with Crippen LogP contribution in [-0.2, 0) is 10.0 Å². The van der Waals surface area contributed by atoms with Gasteiger partial charge in [-0.2, -0.15) is 0 Å². The average molecular weight is 382 g/mol. The third kappa shape index (κ3) is 4.56. The van der Waals surface area contributed by atoms with Crippen LogP contribution in [0.15, 0.2) is 39.2 Å². The fourth-order valence-electron chi connectivity index (χ4n) is 1.96. The van der Waals surface area contributed by atoms with Gasteiger partial charge in [-0.1, -0.05) is 33.6 Å². The van der Waals surface area contributed by atoms with Gasteiger partial charge in [0.05, 0.1) is 4.90 Å². The summed E-state index contributed by atoms with van der Waals surface area (Å²) in [5.74, 6) is 0. The molecule has 0 aromatic heterocycles. The zero-order chi connectivity index (χ0) is 13.9. The molecular formula is C13H18BrClN2O2S. The first-order valence-corrected chi connectivity index (χ1v) is 8.41. The molecule has 0 fully saturated rings. The van der Waals surface area contributed by atoms with E-state index in [0.717, 1.165) is 35.1 Å². The van der Waals surface area contributed by atoms with E-state index in [1.165, 1.54) is 0 Å². The van der Waals surface area contributed by atoms with Crippen LogP contribution in [0.2, 0.25) is 0 Å². The molecule has 0 amide bonds. The summed E-state index contributed by atoms with van der Waals surface area (Å²) in [7, 11) is -3.45. The summed E-state index contributed by atoms with van der Waals surface area (Å²) < 4.78 is 28.0. The van der Waals surface area contributed by atoms with E-state index in [2.05, 4.69) is 26.0 Å². The van der Waals surface area contributed by atoms with Gasteiger partial charge in [0.15, 0.2) is 0 Å². The van der Waals surface area contributed by atoms with Crippen molar-refractivity contribution in [2.24, 2.45) is 0 Å². The van der Waals surface area contributed by atoms with Crippen molar-refractivity contribution >= 4 is 38.4 Å². The highest BCUT2D eigenvalue weighted by atomic mass is 79.9. The molecule has 1 aromatic carbocycles. The molecule has 1 aromatic rings. The Morgan fingerprint density at radius 3 is 2.80 bits per heavy atom. The molecule has 2 N–H and O–H groups in total. The van der Waals surface area contributed by atoms with E-state index < -0.39 is 10.0 Å². The highest BCUT2D eigenvalue weighted by molar-refractivity contribution is 9.10. The van der Waals surface area contributed by atoms with Gasteiger partial charge in [0.2, 0.25) is 10.0 Å². The second kappa shape index (κ2) is 7.56. The minimum absolute atomic E-state index is 0. The van der Waals surface area contributed by atoms with E-state index in [0.29, 0.717) is 11.4 Å². The smallest absolute Gasteiger partial charge is 0.241 e. The molecule has 0 bridgehead atoms. The summed E-state index contributed by atoms with van der Waals surface area (Å²) in [6.45, 7) is 3.90. The van der Waals surface area contributed by atoms with E-state index in [1.807, 2.05) is 12.1 Å². The molecule has 0 aliphatic carbocycles. The fraction of sp³-hybridized carbons (Fsp3) is 0.385. The summed E-state index contributed by atoms with van der Waals surface area (Å²) >= 11 is 3.30. The predicted molar refractivity (Wildman–Crippen MR) is 86.9 cm³/mol. The third-order valence-electron chi connectivity index (χ3n) is 3.09. The maximum absolute atomic E-state index is 12.3. The van der Waals surface area contributed by atoms with Crippen molar-refractivity contribution in [2.75, 3.05) is 19.6 Å². The van der Waals surface area contributed by atoms with E-state index in [9.17, 15) is 8.42 Å². The summed E-state index contributed by atoms with van der Waals surface area (Å²) in [5, 5.41) is 3.20. The van der Waals surface area contributed by atoms with Gasteiger partial charge in [-0.15, -0.1) is 12.4 Å². The largest absolute Gasteiger partial charge is 0.313 e. The molecule has 0 atom stereocenters. The Balaban J connectivity index is 0.00000200. The van der Waals surface area contributed by atoms with Crippen molar-refractivity contribution in [1.82, 2.24) is 10.0 Å². The van der Waals surface area contributed by atoms with Crippen molar-refractivity contribution in [3.05, 3.63) is 39.9 Å². The van der Waals surface area contributed by atoms with Crippen LogP contribution in [0.1, 0.15) is 12.0 Å². The fourth-order valence-corrected chi connectivity index (χ4v) is 3.78. The van der Waals surface area contributed by atoms with E-state index in [-0.39, 0.29) is 12.4 Å². The van der Waals surface area contributed by atoms with Gasteiger partial charge in [-0.05, 0) is 37.6 Å². The predicted octanol–water partition coefficient (Wildman–Crippen LogP) is 2.38. The molecule has 1 heterocycles. The number of hydrogen-bond acceptors (Lipinski definition) is 3. The molecule has 0 spiro atoms. The van der Waals surface area contributed by atoms with Gasteiger partial charge >= 0.3 is 0 Å². The number of benzene rings is 1. The van der Waals surface area contributed by atoms with Crippen LogP contribution in [0, 0.1) is 6.92 Å². The number of rotatable bonds is 4. The van der Waals surface area contributed by atoms with Crippen LogP contribution in [0.4, 0.5) is 0 Å². The summed E-state index contributed by atoms with van der Waals surface area (Å²) in [6, 6.07) is 5.26. The molecule has 1 aliphatic heterocycles. The molecule has 7 heteroatoms. The zero-order valence-electron chi connectivity index (χ0n) is 11.1. The van der Waals surface area contributed by atoms with Crippen molar-refractivity contribution in [3.63, 3.8) is 0 Å². The van der Waals surface area contributed by atoms with Crippen LogP contribution in [0.25, 0.3) is 0 Å². The molecule has 0 saturated heterocycles. The Bertz CT molecular complexity index is 602. The van der Waals surface area contributed by atoms with Gasteiger partial charge in [0, 0.05) is 17.6 Å². The van der Waals surface area contributed by atoms with Gasteiger partial charge in [-0.25, -0.2) is 13.1 Å². The van der Waals surface area contributed by atoms with Crippen molar-refractivity contribution in [1.29, 1.82) is 0 Å². The number of nitrogens with one attached hydrogen (secondary N) is 2. The van der Waals surface area contributed by atoms with Gasteiger partial charge in [0.1, 0.15) is 0 Å². The first-order chi connectivity index (χ1) is 8.99. The van der Waals surface area contributed by atoms with E-state index >= 15 is 0 Å². The molecule has 20 heavy (non-hydrogen) atoms. The van der Waals surface area contributed by atoms with Gasteiger partial charge < -0.3 is 5.32 Å². The maximum atomic E-state index is 12.3. The Kier molecular flexibility index (Phi) is 6.68. The highest BCUT2D eigenvalue weighted by Crippen LogP contribution is 2.20. The lowest BCUT2D eigenvalue weighted by molar-refractivity contribution is 0.581. The Hall–Kier alpha value is -0.400. The molecule has 112 valence electrons. The van der Waals surface area contributed by atoms with Crippen LogP contribution in [-0.4, -0.2) is 28.1 Å². The maximum Gasteiger partial charge on any atom is 0.241 e. The second-order valence-electron chi connectivity index (χ2n) is 4.55. The standard InChI is InChI=1S/C13H17BrN2O2S.ClH/c1-10-2-3-12(14)8-13(10)19(17,18)16-9-11-4-6-15-7-5-11;/h2-4,8,15-16H,5-7,9H2,1H3;1H. The number of halogens is 2. The second-order valence-corrected chi connectivity index (χ2v) is 7.20. The lowest BCUT2D eigenvalue weighted by Gasteiger charge is -2.15. The first kappa shape index (κ1) is 17.7. The summed E-state index contributed by atoms with van der Waals surface area (Å²) in [5.41, 5.74) is 1.88. The van der Waals surface area contributed by atoms with Crippen LogP contribution in [0.5, 0.6) is 0 Å². The number of sulfonamides is 1. The van der Waals surface area contributed by atoms with Gasteiger partial charge in [-0.3, -0.25) is 0 Å². The van der Waals surface area contributed by atoms with Crippen molar-refractivity contribution in [3.8, 4) is 0 Å². The molecule has 1 aliphatic rings. The van der Waals surface area contributed by atoms with Crippen molar-refractivity contribution < 1.29 is 8.42 Å². The average Bonchev–Trinajstić information content (AvgIpc) is 2.40. The lowest BCUT2D eigenvalue weighted by Crippen LogP contribution is -2.30. The van der Waals surface area contributed by atoms with Gasteiger partial charge in [0.25, 0.3) is 0 Å². The SMILES string of the molecule is Cc1ccc(Br)cc1S(=O)(=O)NCC1=CCNCC1.Cl. The molecule has 0 saturated carbocycles. The highest BCUT2D eigenvalue weighted by Gasteiger charge is 2.17. The normalized spacial score (nSPS) is 15.4. The van der Waals surface area contributed by atoms with Crippen LogP contribution < -0.4 is 10.0 Å². The first-order valence-electron chi connectivity index (χ1n) is 6.13. The van der Waals surface area contributed by atoms with Crippen LogP contribution in [0.3, 0.4) is 0 Å². The number of hydrogen-bond donors (Lipinski definition) is 2. The number of aryl methyl sites for hydroxylation is 1. The quantitative estimate of drug-likeness (QED) is 0.787. The monoisotopic (exact) mass is 380 g/mol. The van der Waals surface area contributed by atoms with Crippen LogP contribution >= 0.6 is 28.3 Å². The summed E-state index contributed by atoms with van der Waals surface area (Å²) in [4.78, 5) is 0.330.